The second kappa shape index (κ2) is 5.12. The van der Waals surface area contributed by atoms with Crippen LogP contribution in [0.4, 0.5) is 11.4 Å². The molecule has 0 unspecified atom stereocenters. The van der Waals surface area contributed by atoms with Crippen LogP contribution in [0, 0.1) is 11.3 Å². The predicted octanol–water partition coefficient (Wildman–Crippen LogP) is 2.88. The van der Waals surface area contributed by atoms with E-state index >= 15 is 0 Å². The van der Waals surface area contributed by atoms with Gasteiger partial charge in [-0.2, -0.15) is 5.26 Å². The molecular weight excluding hydrogens is 286 g/mol. The number of fused-ring (bicyclic) bond motifs is 1. The quantitative estimate of drug-likeness (QED) is 0.867. The number of amides is 1. The van der Waals surface area contributed by atoms with E-state index in [1.807, 2.05) is 12.1 Å². The van der Waals surface area contributed by atoms with E-state index in [1.54, 1.807) is 29.2 Å². The molecule has 0 spiro atoms. The summed E-state index contributed by atoms with van der Waals surface area (Å²) in [4.78, 5) is 13.8. The molecule has 104 valence electrons. The highest BCUT2D eigenvalue weighted by Crippen LogP contribution is 2.32. The molecule has 2 aromatic rings. The third-order valence-corrected chi connectivity index (χ3v) is 3.79. The van der Waals surface area contributed by atoms with Gasteiger partial charge in [0.15, 0.2) is 0 Å². The van der Waals surface area contributed by atoms with Crippen molar-refractivity contribution in [3.63, 3.8) is 0 Å². The van der Waals surface area contributed by atoms with E-state index in [4.69, 9.17) is 22.6 Å². The lowest BCUT2D eigenvalue weighted by Gasteiger charge is -2.18. The summed E-state index contributed by atoms with van der Waals surface area (Å²) >= 11 is 6.01. The van der Waals surface area contributed by atoms with Crippen molar-refractivity contribution < 1.29 is 4.79 Å². The Morgan fingerprint density at radius 1 is 1.29 bits per heavy atom. The molecule has 3 rings (SSSR count). The minimum atomic E-state index is 0.0302. The summed E-state index contributed by atoms with van der Waals surface area (Å²) in [6.45, 7) is 0.404. The van der Waals surface area contributed by atoms with Gasteiger partial charge >= 0.3 is 0 Å². The summed E-state index contributed by atoms with van der Waals surface area (Å²) in [6.07, 6.45) is 0.382. The molecule has 1 aliphatic heterocycles. The van der Waals surface area contributed by atoms with E-state index in [2.05, 4.69) is 6.07 Å². The summed E-state index contributed by atoms with van der Waals surface area (Å²) in [7, 11) is 0. The number of nitrogen functional groups attached to an aromatic ring is 1. The number of nitrogens with zero attached hydrogens (tertiary/aromatic N) is 2. The number of anilines is 2. The Kier molecular flexibility index (Phi) is 3.28. The average Bonchev–Trinajstić information content (AvgIpc) is 2.77. The van der Waals surface area contributed by atoms with Crippen molar-refractivity contribution in [2.24, 2.45) is 0 Å². The molecule has 0 saturated heterocycles. The van der Waals surface area contributed by atoms with Gasteiger partial charge in [-0.15, -0.1) is 0 Å². The molecule has 0 aromatic heterocycles. The summed E-state index contributed by atoms with van der Waals surface area (Å²) in [5, 5.41) is 9.62. The third kappa shape index (κ3) is 2.44. The van der Waals surface area contributed by atoms with Gasteiger partial charge in [0.2, 0.25) is 5.91 Å². The molecule has 2 N–H and O–H groups in total. The number of nitrogens with two attached hydrogens (primary N) is 1. The van der Waals surface area contributed by atoms with E-state index in [1.165, 1.54) is 0 Å². The maximum absolute atomic E-state index is 12.2. The van der Waals surface area contributed by atoms with Crippen LogP contribution in [-0.4, -0.2) is 5.91 Å². The molecule has 0 radical (unpaired) electrons. The highest BCUT2D eigenvalue weighted by Gasteiger charge is 2.27. The molecule has 0 fully saturated rings. The largest absolute Gasteiger partial charge is 0.398 e. The molecule has 21 heavy (non-hydrogen) atoms. The number of halogens is 1. The van der Waals surface area contributed by atoms with Crippen molar-refractivity contribution >= 4 is 28.9 Å². The van der Waals surface area contributed by atoms with Gasteiger partial charge in [-0.05, 0) is 35.4 Å². The Labute approximate surface area is 127 Å². The van der Waals surface area contributed by atoms with Crippen LogP contribution < -0.4 is 10.6 Å². The Morgan fingerprint density at radius 3 is 2.86 bits per heavy atom. The van der Waals surface area contributed by atoms with Crippen LogP contribution in [0.5, 0.6) is 0 Å². The monoisotopic (exact) mass is 297 g/mol. The van der Waals surface area contributed by atoms with Crippen LogP contribution in [0.15, 0.2) is 36.4 Å². The van der Waals surface area contributed by atoms with Gasteiger partial charge in [-0.3, -0.25) is 4.79 Å². The van der Waals surface area contributed by atoms with Crippen LogP contribution in [0.2, 0.25) is 5.02 Å². The van der Waals surface area contributed by atoms with Crippen molar-refractivity contribution in [2.75, 3.05) is 10.6 Å². The molecule has 5 heteroatoms. The highest BCUT2D eigenvalue weighted by atomic mass is 35.5. The van der Waals surface area contributed by atoms with Gasteiger partial charge in [0.25, 0.3) is 0 Å². The van der Waals surface area contributed by atoms with Crippen LogP contribution in [0.25, 0.3) is 0 Å². The number of hydrogen-bond donors (Lipinski definition) is 1. The first-order valence-electron chi connectivity index (χ1n) is 6.46. The smallest absolute Gasteiger partial charge is 0.231 e. The molecule has 1 aliphatic rings. The van der Waals surface area contributed by atoms with Crippen molar-refractivity contribution in [1.29, 1.82) is 5.26 Å². The summed E-state index contributed by atoms with van der Waals surface area (Å²) in [5.74, 6) is 0.0302. The van der Waals surface area contributed by atoms with Gasteiger partial charge in [-0.25, -0.2) is 0 Å². The maximum Gasteiger partial charge on any atom is 0.231 e. The zero-order chi connectivity index (χ0) is 15.0. The van der Waals surface area contributed by atoms with Gasteiger partial charge in [-0.1, -0.05) is 23.7 Å². The van der Waals surface area contributed by atoms with Crippen LogP contribution in [0.3, 0.4) is 0 Å². The lowest BCUT2D eigenvalue weighted by Crippen LogP contribution is -2.26. The van der Waals surface area contributed by atoms with E-state index < -0.39 is 0 Å². The zero-order valence-corrected chi connectivity index (χ0v) is 11.9. The molecule has 0 atom stereocenters. The Morgan fingerprint density at radius 2 is 2.10 bits per heavy atom. The van der Waals surface area contributed by atoms with Crippen molar-refractivity contribution in [3.8, 4) is 6.07 Å². The first kappa shape index (κ1) is 13.5. The first-order chi connectivity index (χ1) is 10.1. The first-order valence-corrected chi connectivity index (χ1v) is 6.83. The number of carbonyl (C=O) groups excluding carboxylic acids is 1. The Balaban J connectivity index is 1.94. The number of benzene rings is 2. The highest BCUT2D eigenvalue weighted by molar-refractivity contribution is 6.31. The zero-order valence-electron chi connectivity index (χ0n) is 11.1. The summed E-state index contributed by atoms with van der Waals surface area (Å²) in [5.41, 5.74) is 9.25. The molecular formula is C16H12ClN3O. The average molecular weight is 298 g/mol. The maximum atomic E-state index is 12.2. The topological polar surface area (TPSA) is 70.1 Å². The fourth-order valence-corrected chi connectivity index (χ4v) is 2.65. The lowest BCUT2D eigenvalue weighted by molar-refractivity contribution is -0.117. The van der Waals surface area contributed by atoms with E-state index in [9.17, 15) is 4.79 Å². The van der Waals surface area contributed by atoms with Gasteiger partial charge in [0.1, 0.15) is 6.07 Å². The molecule has 1 amide bonds. The fraction of sp³-hybridized carbons (Fsp3) is 0.125. The van der Waals surface area contributed by atoms with Gasteiger partial charge in [0.05, 0.1) is 18.5 Å². The Hall–Kier alpha value is -2.51. The minimum Gasteiger partial charge on any atom is -0.398 e. The van der Waals surface area contributed by atoms with Crippen molar-refractivity contribution in [1.82, 2.24) is 0 Å². The van der Waals surface area contributed by atoms with Gasteiger partial charge in [0, 0.05) is 16.4 Å². The molecule has 0 bridgehead atoms. The number of carbonyl (C=O) groups is 1. The molecule has 1 heterocycles. The number of nitriles is 1. The lowest BCUT2D eigenvalue weighted by atomic mass is 10.1. The summed E-state index contributed by atoms with van der Waals surface area (Å²) in [6, 6.07) is 12.7. The molecule has 2 aromatic carbocycles. The van der Waals surface area contributed by atoms with Gasteiger partial charge < -0.3 is 10.6 Å². The Bertz CT molecular complexity index is 780. The summed E-state index contributed by atoms with van der Waals surface area (Å²) < 4.78 is 0. The fourth-order valence-electron chi connectivity index (χ4n) is 2.48. The SMILES string of the molecule is N#Cc1cc(CN2C(=O)Cc3ccc(Cl)cc32)ccc1N. The minimum absolute atomic E-state index is 0.0302. The molecule has 0 aliphatic carbocycles. The van der Waals surface area contributed by atoms with Crippen molar-refractivity contribution in [2.45, 2.75) is 13.0 Å². The van der Waals surface area contributed by atoms with E-state index in [0.29, 0.717) is 29.2 Å². The predicted molar refractivity (Wildman–Crippen MR) is 81.9 cm³/mol. The van der Waals surface area contributed by atoms with Crippen LogP contribution >= 0.6 is 11.6 Å². The van der Waals surface area contributed by atoms with E-state index in [0.717, 1.165) is 16.8 Å². The molecule has 4 nitrogen and oxygen atoms in total. The molecule has 0 saturated carbocycles. The van der Waals surface area contributed by atoms with E-state index in [-0.39, 0.29) is 5.91 Å². The standard InChI is InChI=1S/C16H12ClN3O/c17-13-3-2-11-6-16(21)20(15(11)7-13)9-10-1-4-14(19)12(5-10)8-18/h1-5,7H,6,9,19H2. The number of rotatable bonds is 2. The second-order valence-electron chi connectivity index (χ2n) is 4.96. The number of hydrogen-bond acceptors (Lipinski definition) is 3. The van der Waals surface area contributed by atoms with Crippen LogP contribution in [-0.2, 0) is 17.8 Å². The third-order valence-electron chi connectivity index (χ3n) is 3.56. The second-order valence-corrected chi connectivity index (χ2v) is 5.40. The van der Waals surface area contributed by atoms with Crippen LogP contribution in [0.1, 0.15) is 16.7 Å². The normalized spacial score (nSPS) is 13.1. The van der Waals surface area contributed by atoms with Crippen molar-refractivity contribution in [3.05, 3.63) is 58.1 Å².